The molecule has 0 radical (unpaired) electrons. The lowest BCUT2D eigenvalue weighted by atomic mass is 10.2. The normalized spacial score (nSPS) is 25.4. The van der Waals surface area contributed by atoms with Crippen molar-refractivity contribution in [1.82, 2.24) is 14.9 Å². The molecule has 0 bridgehead atoms. The first-order valence-corrected chi connectivity index (χ1v) is 9.07. The van der Waals surface area contributed by atoms with Crippen molar-refractivity contribution in [3.63, 3.8) is 0 Å². The molecule has 2 aliphatic rings. The summed E-state index contributed by atoms with van der Waals surface area (Å²) in [5.74, 6) is 0.357. The SMILES string of the molecule is C[C@]12CCC(=O)N1[C@@H](C(=O)OCc1nc3ccccc3c(=O)[nH]1)CS2. The number of esters is 1. The molecule has 2 fully saturated rings. The van der Waals surface area contributed by atoms with Gasteiger partial charge in [0.2, 0.25) is 5.91 Å². The predicted molar refractivity (Wildman–Crippen MR) is 92.9 cm³/mol. The van der Waals surface area contributed by atoms with Crippen molar-refractivity contribution in [2.75, 3.05) is 5.75 Å². The van der Waals surface area contributed by atoms with Crippen molar-refractivity contribution in [1.29, 1.82) is 0 Å². The number of aromatic nitrogens is 2. The lowest BCUT2D eigenvalue weighted by Gasteiger charge is -2.29. The molecule has 0 saturated carbocycles. The maximum absolute atomic E-state index is 12.4. The summed E-state index contributed by atoms with van der Waals surface area (Å²) in [4.78, 5) is 44.9. The van der Waals surface area contributed by atoms with Crippen LogP contribution < -0.4 is 5.56 Å². The van der Waals surface area contributed by atoms with Gasteiger partial charge in [0.1, 0.15) is 18.5 Å². The molecule has 2 aromatic rings. The maximum Gasteiger partial charge on any atom is 0.330 e. The molecule has 2 aliphatic heterocycles. The number of thioether (sulfide) groups is 1. The molecule has 25 heavy (non-hydrogen) atoms. The summed E-state index contributed by atoms with van der Waals surface area (Å²) < 4.78 is 5.34. The molecule has 2 saturated heterocycles. The average molecular weight is 359 g/mol. The fraction of sp³-hybridized carbons (Fsp3) is 0.412. The second-order valence-corrected chi connectivity index (χ2v) is 7.90. The Kier molecular flexibility index (Phi) is 3.79. The highest BCUT2D eigenvalue weighted by atomic mass is 32.2. The third kappa shape index (κ3) is 2.70. The number of para-hydroxylation sites is 1. The standard InChI is InChI=1S/C17H17N3O4S/c1-17-7-6-14(21)20(17)12(9-25-17)16(23)24-8-13-18-11-5-3-2-4-10(11)15(22)19-13/h2-5,12H,6-9H2,1H3,(H,18,19,22)/t12-,17+/m1/s1. The molecule has 1 amide bonds. The highest BCUT2D eigenvalue weighted by molar-refractivity contribution is 8.01. The largest absolute Gasteiger partial charge is 0.456 e. The van der Waals surface area contributed by atoms with E-state index in [1.807, 2.05) is 6.92 Å². The van der Waals surface area contributed by atoms with Crippen LogP contribution in [0.25, 0.3) is 10.9 Å². The van der Waals surface area contributed by atoms with Crippen molar-refractivity contribution < 1.29 is 14.3 Å². The minimum atomic E-state index is -0.572. The molecule has 0 unspecified atom stereocenters. The first-order valence-electron chi connectivity index (χ1n) is 8.09. The van der Waals surface area contributed by atoms with Crippen LogP contribution in [0.5, 0.6) is 0 Å². The zero-order chi connectivity index (χ0) is 17.6. The molecule has 130 valence electrons. The summed E-state index contributed by atoms with van der Waals surface area (Å²) in [7, 11) is 0. The molecule has 1 aromatic heterocycles. The summed E-state index contributed by atoms with van der Waals surface area (Å²) >= 11 is 1.61. The van der Waals surface area contributed by atoms with Gasteiger partial charge < -0.3 is 14.6 Å². The predicted octanol–water partition coefficient (Wildman–Crippen LogP) is 1.42. The van der Waals surface area contributed by atoms with Gasteiger partial charge in [-0.25, -0.2) is 9.78 Å². The van der Waals surface area contributed by atoms with E-state index in [9.17, 15) is 14.4 Å². The quantitative estimate of drug-likeness (QED) is 0.834. The number of amides is 1. The second kappa shape index (κ2) is 5.87. The van der Waals surface area contributed by atoms with E-state index in [1.165, 1.54) is 0 Å². The first-order chi connectivity index (χ1) is 12.0. The van der Waals surface area contributed by atoms with Gasteiger partial charge in [-0.15, -0.1) is 11.8 Å². The highest BCUT2D eigenvalue weighted by Gasteiger charge is 2.53. The van der Waals surface area contributed by atoms with E-state index in [1.54, 1.807) is 40.9 Å². The molecule has 3 heterocycles. The highest BCUT2D eigenvalue weighted by Crippen LogP contribution is 2.47. The van der Waals surface area contributed by atoms with Gasteiger partial charge >= 0.3 is 5.97 Å². The van der Waals surface area contributed by atoms with Crippen LogP contribution in [-0.2, 0) is 20.9 Å². The fourth-order valence-electron chi connectivity index (χ4n) is 3.43. The number of carbonyl (C=O) groups is 2. The van der Waals surface area contributed by atoms with Crippen molar-refractivity contribution in [3.05, 3.63) is 40.4 Å². The summed E-state index contributed by atoms with van der Waals surface area (Å²) in [6.45, 7) is 1.86. The number of fused-ring (bicyclic) bond motifs is 2. The molecule has 1 aromatic carbocycles. The molecule has 8 heteroatoms. The van der Waals surface area contributed by atoms with Crippen LogP contribution in [0.15, 0.2) is 29.1 Å². The Morgan fingerprint density at radius 3 is 3.08 bits per heavy atom. The zero-order valence-corrected chi connectivity index (χ0v) is 14.5. The molecular weight excluding hydrogens is 342 g/mol. The van der Waals surface area contributed by atoms with E-state index in [4.69, 9.17) is 4.74 Å². The smallest absolute Gasteiger partial charge is 0.330 e. The van der Waals surface area contributed by atoms with Crippen LogP contribution in [0.2, 0.25) is 0 Å². The van der Waals surface area contributed by atoms with E-state index in [0.29, 0.717) is 28.9 Å². The molecule has 1 N–H and O–H groups in total. The van der Waals surface area contributed by atoms with Crippen molar-refractivity contribution in [2.24, 2.45) is 0 Å². The van der Waals surface area contributed by atoms with E-state index < -0.39 is 12.0 Å². The second-order valence-electron chi connectivity index (χ2n) is 6.40. The number of nitrogens with one attached hydrogen (secondary N) is 1. The number of carbonyl (C=O) groups excluding carboxylic acids is 2. The Balaban J connectivity index is 1.49. The number of ether oxygens (including phenoxy) is 1. The molecule has 0 spiro atoms. The number of benzene rings is 1. The lowest BCUT2D eigenvalue weighted by molar-refractivity contribution is -0.154. The minimum Gasteiger partial charge on any atom is -0.456 e. The monoisotopic (exact) mass is 359 g/mol. The maximum atomic E-state index is 12.4. The minimum absolute atomic E-state index is 0.00770. The van der Waals surface area contributed by atoms with Gasteiger partial charge in [0.25, 0.3) is 5.56 Å². The van der Waals surface area contributed by atoms with Crippen LogP contribution in [0, 0.1) is 0 Å². The molecule has 4 rings (SSSR count). The number of H-pyrrole nitrogens is 1. The van der Waals surface area contributed by atoms with E-state index in [-0.39, 0.29) is 22.9 Å². The number of hydrogen-bond donors (Lipinski definition) is 1. The van der Waals surface area contributed by atoms with Crippen molar-refractivity contribution in [2.45, 2.75) is 37.3 Å². The molecule has 2 atom stereocenters. The van der Waals surface area contributed by atoms with Gasteiger partial charge in [-0.05, 0) is 25.5 Å². The average Bonchev–Trinajstić information content (AvgIpc) is 3.09. The molecule has 7 nitrogen and oxygen atoms in total. The topological polar surface area (TPSA) is 92.4 Å². The Hall–Kier alpha value is -2.35. The van der Waals surface area contributed by atoms with Crippen LogP contribution >= 0.6 is 11.8 Å². The Morgan fingerprint density at radius 2 is 2.24 bits per heavy atom. The molecular formula is C17H17N3O4S. The Labute approximate surface area is 147 Å². The van der Waals surface area contributed by atoms with Crippen LogP contribution in [0.3, 0.4) is 0 Å². The van der Waals surface area contributed by atoms with E-state index >= 15 is 0 Å². The van der Waals surface area contributed by atoms with Crippen LogP contribution in [0.4, 0.5) is 0 Å². The van der Waals surface area contributed by atoms with Gasteiger partial charge in [-0.2, -0.15) is 0 Å². The van der Waals surface area contributed by atoms with Crippen LogP contribution in [-0.4, -0.2) is 43.4 Å². The number of nitrogens with zero attached hydrogens (tertiary/aromatic N) is 2. The zero-order valence-electron chi connectivity index (χ0n) is 13.7. The lowest BCUT2D eigenvalue weighted by Crippen LogP contribution is -2.46. The Bertz CT molecular complexity index is 927. The summed E-state index contributed by atoms with van der Waals surface area (Å²) in [6, 6.07) is 6.41. The van der Waals surface area contributed by atoms with E-state index in [0.717, 1.165) is 6.42 Å². The van der Waals surface area contributed by atoms with Gasteiger partial charge in [0.05, 0.1) is 15.8 Å². The summed E-state index contributed by atoms with van der Waals surface area (Å²) in [6.07, 6.45) is 1.21. The van der Waals surface area contributed by atoms with E-state index in [2.05, 4.69) is 9.97 Å². The van der Waals surface area contributed by atoms with Crippen molar-refractivity contribution >= 4 is 34.5 Å². The van der Waals surface area contributed by atoms with Gasteiger partial charge in [-0.1, -0.05) is 12.1 Å². The number of hydrogen-bond acceptors (Lipinski definition) is 6. The summed E-state index contributed by atoms with van der Waals surface area (Å²) in [5, 5.41) is 0.489. The van der Waals surface area contributed by atoms with Crippen LogP contribution in [0.1, 0.15) is 25.6 Å². The van der Waals surface area contributed by atoms with Gasteiger partial charge in [-0.3, -0.25) is 9.59 Å². The Morgan fingerprint density at radius 1 is 1.44 bits per heavy atom. The third-order valence-electron chi connectivity index (χ3n) is 4.73. The van der Waals surface area contributed by atoms with Crippen molar-refractivity contribution in [3.8, 4) is 0 Å². The number of aromatic amines is 1. The third-order valence-corrected chi connectivity index (χ3v) is 6.24. The van der Waals surface area contributed by atoms with Gasteiger partial charge in [0.15, 0.2) is 0 Å². The van der Waals surface area contributed by atoms with Gasteiger partial charge in [0, 0.05) is 12.2 Å². The number of rotatable bonds is 3. The first kappa shape index (κ1) is 16.1. The summed E-state index contributed by atoms with van der Waals surface area (Å²) in [5.41, 5.74) is 0.284. The molecule has 0 aliphatic carbocycles. The fourth-order valence-corrected chi connectivity index (χ4v) is 4.85.